The molecule has 0 unspecified atom stereocenters. The van der Waals surface area contributed by atoms with Crippen molar-refractivity contribution in [3.63, 3.8) is 0 Å². The summed E-state index contributed by atoms with van der Waals surface area (Å²) in [6.45, 7) is 6.78. The van der Waals surface area contributed by atoms with Gasteiger partial charge in [-0.3, -0.25) is 14.5 Å². The van der Waals surface area contributed by atoms with E-state index in [1.165, 1.54) is 11.9 Å². The zero-order valence-electron chi connectivity index (χ0n) is 14.5. The van der Waals surface area contributed by atoms with Gasteiger partial charge in [0, 0.05) is 31.3 Å². The average molecular weight is 360 g/mol. The SMILES string of the molecule is CN(C(=O)c1ccc(Cl)cc1)C(=O)c1ccccc1C[Si](C)(C)C. The van der Waals surface area contributed by atoms with Crippen molar-refractivity contribution in [3.8, 4) is 0 Å². The second-order valence-corrected chi connectivity index (χ2v) is 13.0. The summed E-state index contributed by atoms with van der Waals surface area (Å²) in [5.74, 6) is -0.608. The summed E-state index contributed by atoms with van der Waals surface area (Å²) >= 11 is 5.85. The van der Waals surface area contributed by atoms with E-state index in [1.807, 2.05) is 18.2 Å². The Kier molecular flexibility index (Phi) is 5.62. The summed E-state index contributed by atoms with van der Waals surface area (Å²) < 4.78 is 0. The van der Waals surface area contributed by atoms with Gasteiger partial charge in [-0.25, -0.2) is 0 Å². The Labute approximate surface area is 149 Å². The number of nitrogens with zero attached hydrogens (tertiary/aromatic N) is 1. The first-order valence-electron chi connectivity index (χ1n) is 7.85. The number of halogens is 1. The standard InChI is InChI=1S/C19H22ClNO2Si/c1-21(18(22)14-9-11-16(20)12-10-14)19(23)17-8-6-5-7-15(17)13-24(2,3)4/h5-12H,13H2,1-4H3. The van der Waals surface area contributed by atoms with E-state index in [-0.39, 0.29) is 11.8 Å². The smallest absolute Gasteiger partial charge is 0.260 e. The fraction of sp³-hybridized carbons (Fsp3) is 0.263. The molecule has 0 aliphatic rings. The molecule has 0 saturated heterocycles. The highest BCUT2D eigenvalue weighted by atomic mass is 35.5. The highest BCUT2D eigenvalue weighted by Crippen LogP contribution is 2.19. The summed E-state index contributed by atoms with van der Waals surface area (Å²) in [5.41, 5.74) is 2.06. The summed E-state index contributed by atoms with van der Waals surface area (Å²) in [7, 11) is 0.141. The van der Waals surface area contributed by atoms with Crippen molar-refractivity contribution in [3.05, 3.63) is 70.2 Å². The number of benzene rings is 2. The molecular weight excluding hydrogens is 338 g/mol. The van der Waals surface area contributed by atoms with Crippen molar-refractivity contribution < 1.29 is 9.59 Å². The maximum Gasteiger partial charge on any atom is 0.260 e. The molecular formula is C19H22ClNO2Si. The third-order valence-corrected chi connectivity index (χ3v) is 5.36. The molecule has 5 heteroatoms. The molecule has 2 aromatic carbocycles. The number of hydrogen-bond donors (Lipinski definition) is 0. The van der Waals surface area contributed by atoms with Crippen molar-refractivity contribution in [1.29, 1.82) is 0 Å². The Hall–Kier alpha value is -1.91. The van der Waals surface area contributed by atoms with Gasteiger partial charge in [-0.1, -0.05) is 49.4 Å². The third-order valence-electron chi connectivity index (χ3n) is 3.67. The average Bonchev–Trinajstić information content (AvgIpc) is 2.52. The molecule has 0 saturated carbocycles. The Bertz CT molecular complexity index is 751. The van der Waals surface area contributed by atoms with Crippen LogP contribution in [0.2, 0.25) is 24.7 Å². The van der Waals surface area contributed by atoms with Crippen LogP contribution in [0.5, 0.6) is 0 Å². The summed E-state index contributed by atoms with van der Waals surface area (Å²) in [6.07, 6.45) is 0. The van der Waals surface area contributed by atoms with Crippen LogP contribution < -0.4 is 0 Å². The normalized spacial score (nSPS) is 11.2. The van der Waals surface area contributed by atoms with Crippen molar-refractivity contribution in [2.45, 2.75) is 25.7 Å². The predicted molar refractivity (Wildman–Crippen MR) is 101 cm³/mol. The largest absolute Gasteiger partial charge is 0.278 e. The molecule has 0 N–H and O–H groups in total. The van der Waals surface area contributed by atoms with Crippen LogP contribution in [0.15, 0.2) is 48.5 Å². The van der Waals surface area contributed by atoms with Crippen molar-refractivity contribution in [2.75, 3.05) is 7.05 Å². The molecule has 0 aromatic heterocycles. The molecule has 0 atom stereocenters. The van der Waals surface area contributed by atoms with Crippen LogP contribution in [0.25, 0.3) is 0 Å². The molecule has 0 aliphatic heterocycles. The lowest BCUT2D eigenvalue weighted by Gasteiger charge is -2.21. The maximum absolute atomic E-state index is 12.8. The predicted octanol–water partition coefficient (Wildman–Crippen LogP) is 4.67. The minimum atomic E-state index is -1.38. The zero-order valence-corrected chi connectivity index (χ0v) is 16.2. The fourth-order valence-corrected chi connectivity index (χ4v) is 4.09. The lowest BCUT2D eigenvalue weighted by atomic mass is 10.1. The molecule has 3 nitrogen and oxygen atoms in total. The van der Waals surface area contributed by atoms with Crippen LogP contribution in [0.3, 0.4) is 0 Å². The minimum Gasteiger partial charge on any atom is -0.278 e. The van der Waals surface area contributed by atoms with Crippen molar-refractivity contribution in [1.82, 2.24) is 4.90 Å². The quantitative estimate of drug-likeness (QED) is 0.587. The van der Waals surface area contributed by atoms with Gasteiger partial charge in [0.1, 0.15) is 0 Å². The molecule has 2 aromatic rings. The van der Waals surface area contributed by atoms with Gasteiger partial charge in [-0.15, -0.1) is 0 Å². The van der Waals surface area contributed by atoms with E-state index in [4.69, 9.17) is 11.6 Å². The van der Waals surface area contributed by atoms with Gasteiger partial charge in [0.25, 0.3) is 11.8 Å². The maximum atomic E-state index is 12.8. The van der Waals surface area contributed by atoms with Gasteiger partial charge in [0.05, 0.1) is 0 Å². The molecule has 0 heterocycles. The number of carbonyl (C=O) groups excluding carboxylic acids is 2. The number of imide groups is 1. The van der Waals surface area contributed by atoms with E-state index in [0.29, 0.717) is 16.1 Å². The van der Waals surface area contributed by atoms with Crippen LogP contribution >= 0.6 is 11.6 Å². The Morgan fingerprint density at radius 3 is 2.12 bits per heavy atom. The van der Waals surface area contributed by atoms with E-state index in [1.54, 1.807) is 30.3 Å². The second kappa shape index (κ2) is 7.32. The van der Waals surface area contributed by atoms with E-state index in [0.717, 1.165) is 11.6 Å². The molecule has 2 rings (SSSR count). The third kappa shape index (κ3) is 4.55. The number of hydrogen-bond acceptors (Lipinski definition) is 2. The number of rotatable bonds is 4. The summed E-state index contributed by atoms with van der Waals surface area (Å²) in [4.78, 5) is 26.5. The summed E-state index contributed by atoms with van der Waals surface area (Å²) in [5, 5.41) is 0.556. The van der Waals surface area contributed by atoms with Crippen LogP contribution in [0.1, 0.15) is 26.3 Å². The van der Waals surface area contributed by atoms with Crippen LogP contribution in [0, 0.1) is 0 Å². The van der Waals surface area contributed by atoms with Crippen molar-refractivity contribution in [2.24, 2.45) is 0 Å². The first-order valence-corrected chi connectivity index (χ1v) is 11.9. The van der Waals surface area contributed by atoms with Crippen LogP contribution in [-0.4, -0.2) is 31.8 Å². The minimum absolute atomic E-state index is 0.274. The monoisotopic (exact) mass is 359 g/mol. The van der Waals surface area contributed by atoms with Gasteiger partial charge < -0.3 is 0 Å². The highest BCUT2D eigenvalue weighted by Gasteiger charge is 2.24. The highest BCUT2D eigenvalue weighted by molar-refractivity contribution is 6.75. The van der Waals surface area contributed by atoms with E-state index >= 15 is 0 Å². The van der Waals surface area contributed by atoms with Crippen LogP contribution in [-0.2, 0) is 6.04 Å². The Balaban J connectivity index is 2.28. The van der Waals surface area contributed by atoms with E-state index in [9.17, 15) is 9.59 Å². The van der Waals surface area contributed by atoms with Gasteiger partial charge in [-0.2, -0.15) is 0 Å². The lowest BCUT2D eigenvalue weighted by Crippen LogP contribution is -2.34. The molecule has 0 bridgehead atoms. The first kappa shape index (κ1) is 18.4. The van der Waals surface area contributed by atoms with Gasteiger partial charge in [0.15, 0.2) is 0 Å². The molecule has 0 radical (unpaired) electrons. The van der Waals surface area contributed by atoms with Gasteiger partial charge in [0.2, 0.25) is 0 Å². The number of amides is 2. The topological polar surface area (TPSA) is 37.4 Å². The fourth-order valence-electron chi connectivity index (χ4n) is 2.51. The van der Waals surface area contributed by atoms with E-state index in [2.05, 4.69) is 19.6 Å². The Morgan fingerprint density at radius 2 is 1.54 bits per heavy atom. The number of carbonyl (C=O) groups is 2. The second-order valence-electron chi connectivity index (χ2n) is 7.07. The van der Waals surface area contributed by atoms with Gasteiger partial charge in [-0.05, 0) is 41.9 Å². The molecule has 0 spiro atoms. The van der Waals surface area contributed by atoms with E-state index < -0.39 is 8.07 Å². The molecule has 0 fully saturated rings. The summed E-state index contributed by atoms with van der Waals surface area (Å²) in [6, 6.07) is 15.0. The molecule has 0 aliphatic carbocycles. The van der Waals surface area contributed by atoms with Crippen LogP contribution in [0.4, 0.5) is 0 Å². The Morgan fingerprint density at radius 1 is 0.958 bits per heavy atom. The molecule has 2 amide bonds. The molecule has 24 heavy (non-hydrogen) atoms. The van der Waals surface area contributed by atoms with Gasteiger partial charge >= 0.3 is 0 Å². The zero-order chi connectivity index (χ0) is 17.9. The lowest BCUT2D eigenvalue weighted by molar-refractivity contribution is 0.0655. The van der Waals surface area contributed by atoms with Crippen molar-refractivity contribution >= 4 is 31.5 Å². The first-order chi connectivity index (χ1) is 11.2. The molecule has 126 valence electrons.